The van der Waals surface area contributed by atoms with Crippen LogP contribution < -0.4 is 4.80 Å². The number of nitroso groups, excluding NO2 is 2. The molecule has 1 saturated carbocycles. The Balaban J connectivity index is 1.67. The molecule has 2 aromatic rings. The van der Waals surface area contributed by atoms with Gasteiger partial charge in [-0.05, 0) is 42.1 Å². The van der Waals surface area contributed by atoms with Crippen LogP contribution in [0.5, 0.6) is 5.75 Å². The summed E-state index contributed by atoms with van der Waals surface area (Å²) in [5.41, 5.74) is 0.808. The summed E-state index contributed by atoms with van der Waals surface area (Å²) in [6.07, 6.45) is 13.5. The molecule has 0 amide bonds. The molecule has 1 aromatic carbocycles. The first-order valence-corrected chi connectivity index (χ1v) is 10.6. The lowest BCUT2D eigenvalue weighted by atomic mass is 9.74. The van der Waals surface area contributed by atoms with E-state index in [1.54, 1.807) is 4.68 Å². The van der Waals surface area contributed by atoms with Crippen molar-refractivity contribution in [1.29, 1.82) is 0 Å². The van der Waals surface area contributed by atoms with Gasteiger partial charge in [-0.3, -0.25) is 4.99 Å². The minimum absolute atomic E-state index is 0.147. The maximum absolute atomic E-state index is 10.9. The molecule has 9 heteroatoms. The standard InChI is InChI=1S/C21H21N5O3S/c1-13-12-30-21(23-17-8-4-6-14-5-2-3-7-16(14)17)26(13)22-11-15-9-18(24-28)19(25-29)10-20(15)27/h2-3,5,7,9-12,14,16-17,27H,4,6,8H2,1H3/b22-11+,23-21-. The van der Waals surface area contributed by atoms with Crippen LogP contribution in [0.2, 0.25) is 0 Å². The van der Waals surface area contributed by atoms with Crippen LogP contribution in [-0.2, 0) is 0 Å². The van der Waals surface area contributed by atoms with E-state index >= 15 is 0 Å². The van der Waals surface area contributed by atoms with Crippen LogP contribution in [0.15, 0.2) is 62.3 Å². The second kappa shape index (κ2) is 8.66. The molecule has 2 aliphatic rings. The monoisotopic (exact) mass is 423 g/mol. The van der Waals surface area contributed by atoms with Crippen molar-refractivity contribution in [3.05, 3.63) is 67.7 Å². The van der Waals surface area contributed by atoms with Gasteiger partial charge in [-0.1, -0.05) is 30.7 Å². The van der Waals surface area contributed by atoms with Crippen molar-refractivity contribution in [2.24, 2.45) is 32.3 Å². The molecule has 8 nitrogen and oxygen atoms in total. The lowest BCUT2D eigenvalue weighted by molar-refractivity contribution is 0.288. The van der Waals surface area contributed by atoms with Crippen LogP contribution in [0.1, 0.15) is 30.5 Å². The average molecular weight is 423 g/mol. The quantitative estimate of drug-likeness (QED) is 0.536. The fourth-order valence-corrected chi connectivity index (χ4v) is 4.85. The number of rotatable bonds is 5. The van der Waals surface area contributed by atoms with Crippen LogP contribution in [0.25, 0.3) is 0 Å². The number of thiazole rings is 1. The maximum atomic E-state index is 10.9. The summed E-state index contributed by atoms with van der Waals surface area (Å²) >= 11 is 1.52. The van der Waals surface area contributed by atoms with E-state index in [1.807, 2.05) is 12.3 Å². The fraction of sp³-hybridized carbons (Fsp3) is 0.333. The van der Waals surface area contributed by atoms with E-state index < -0.39 is 0 Å². The zero-order valence-corrected chi connectivity index (χ0v) is 17.2. The molecule has 0 aliphatic heterocycles. The van der Waals surface area contributed by atoms with E-state index in [-0.39, 0.29) is 28.7 Å². The third-order valence-electron chi connectivity index (χ3n) is 5.54. The molecule has 1 aromatic heterocycles. The first kappa shape index (κ1) is 20.1. The molecule has 1 fully saturated rings. The number of aryl methyl sites for hydroxylation is 1. The summed E-state index contributed by atoms with van der Waals surface area (Å²) in [6.45, 7) is 1.93. The van der Waals surface area contributed by atoms with Gasteiger partial charge in [-0.2, -0.15) is 5.10 Å². The number of aromatic hydroxyl groups is 1. The molecular formula is C21H21N5O3S. The molecule has 0 radical (unpaired) electrons. The van der Waals surface area contributed by atoms with E-state index in [2.05, 4.69) is 39.8 Å². The molecule has 3 unspecified atom stereocenters. The number of allylic oxidation sites excluding steroid dienone is 3. The van der Waals surface area contributed by atoms with Crippen molar-refractivity contribution in [3.8, 4) is 5.75 Å². The van der Waals surface area contributed by atoms with Crippen molar-refractivity contribution >= 4 is 28.9 Å². The molecule has 0 bridgehead atoms. The van der Waals surface area contributed by atoms with Gasteiger partial charge in [-0.25, -0.2) is 4.68 Å². The van der Waals surface area contributed by atoms with Gasteiger partial charge in [0.1, 0.15) is 17.1 Å². The molecule has 1 heterocycles. The molecule has 3 atom stereocenters. The Hall–Kier alpha value is -3.20. The van der Waals surface area contributed by atoms with Gasteiger partial charge in [-0.15, -0.1) is 21.2 Å². The van der Waals surface area contributed by atoms with Crippen molar-refractivity contribution in [1.82, 2.24) is 4.68 Å². The second-order valence-electron chi connectivity index (χ2n) is 7.44. The van der Waals surface area contributed by atoms with Crippen molar-refractivity contribution in [2.75, 3.05) is 0 Å². The van der Waals surface area contributed by atoms with E-state index in [0.717, 1.165) is 29.4 Å². The highest BCUT2D eigenvalue weighted by Crippen LogP contribution is 2.36. The van der Waals surface area contributed by atoms with Crippen molar-refractivity contribution in [2.45, 2.75) is 32.2 Å². The summed E-state index contributed by atoms with van der Waals surface area (Å²) in [4.78, 5) is 27.5. The molecule has 2 aliphatic carbocycles. The minimum Gasteiger partial charge on any atom is -0.507 e. The third kappa shape index (κ3) is 3.93. The highest BCUT2D eigenvalue weighted by molar-refractivity contribution is 7.07. The zero-order valence-electron chi connectivity index (χ0n) is 16.4. The van der Waals surface area contributed by atoms with Gasteiger partial charge in [0.05, 0.1) is 18.0 Å². The van der Waals surface area contributed by atoms with E-state index in [0.29, 0.717) is 11.8 Å². The summed E-state index contributed by atoms with van der Waals surface area (Å²) in [7, 11) is 0. The smallest absolute Gasteiger partial charge is 0.206 e. The molecule has 154 valence electrons. The fourth-order valence-electron chi connectivity index (χ4n) is 3.99. The van der Waals surface area contributed by atoms with Crippen molar-refractivity contribution in [3.63, 3.8) is 0 Å². The van der Waals surface area contributed by atoms with Gasteiger partial charge in [0.25, 0.3) is 0 Å². The van der Waals surface area contributed by atoms with E-state index in [4.69, 9.17) is 4.99 Å². The number of hydrogen-bond acceptors (Lipinski definition) is 8. The van der Waals surface area contributed by atoms with Crippen LogP contribution in [0.4, 0.5) is 11.4 Å². The van der Waals surface area contributed by atoms with Gasteiger partial charge in [0, 0.05) is 22.9 Å². The molecule has 0 saturated heterocycles. The predicted molar refractivity (Wildman–Crippen MR) is 118 cm³/mol. The number of aromatic nitrogens is 1. The van der Waals surface area contributed by atoms with E-state index in [1.165, 1.54) is 30.0 Å². The first-order valence-electron chi connectivity index (χ1n) is 9.74. The Morgan fingerprint density at radius 2 is 1.90 bits per heavy atom. The second-order valence-corrected chi connectivity index (χ2v) is 8.27. The Bertz CT molecular complexity index is 1130. The SMILES string of the molecule is Cc1cs/c(=N\C2CCCC3C=CC=CC32)n1/N=C/c1cc(N=O)c(N=O)cc1O. The van der Waals surface area contributed by atoms with Crippen LogP contribution >= 0.6 is 11.3 Å². The Morgan fingerprint density at radius 3 is 2.70 bits per heavy atom. The van der Waals surface area contributed by atoms with Gasteiger partial charge < -0.3 is 5.11 Å². The third-order valence-corrected chi connectivity index (χ3v) is 6.49. The highest BCUT2D eigenvalue weighted by Gasteiger charge is 2.30. The molecule has 1 N–H and O–H groups in total. The predicted octanol–water partition coefficient (Wildman–Crippen LogP) is 5.05. The van der Waals surface area contributed by atoms with Crippen LogP contribution in [0.3, 0.4) is 0 Å². The number of benzene rings is 1. The summed E-state index contributed by atoms with van der Waals surface area (Å²) in [5.74, 6) is 0.728. The summed E-state index contributed by atoms with van der Waals surface area (Å²) in [5, 5.41) is 22.0. The van der Waals surface area contributed by atoms with Gasteiger partial charge >= 0.3 is 0 Å². The van der Waals surface area contributed by atoms with Crippen molar-refractivity contribution < 1.29 is 5.11 Å². The van der Waals surface area contributed by atoms with Crippen LogP contribution in [0, 0.1) is 28.6 Å². The molecule has 30 heavy (non-hydrogen) atoms. The Labute approximate surface area is 176 Å². The largest absolute Gasteiger partial charge is 0.507 e. The normalized spacial score (nSPS) is 23.6. The number of hydrogen-bond donors (Lipinski definition) is 1. The zero-order chi connectivity index (χ0) is 21.1. The molecule has 0 spiro atoms. The minimum atomic E-state index is -0.212. The average Bonchev–Trinajstić information content (AvgIpc) is 3.12. The number of phenols is 1. The lowest BCUT2D eigenvalue weighted by Gasteiger charge is -2.33. The summed E-state index contributed by atoms with van der Waals surface area (Å²) in [6, 6.07) is 2.58. The summed E-state index contributed by atoms with van der Waals surface area (Å²) < 4.78 is 1.72. The number of phenolic OH excluding ortho intramolecular Hbond substituents is 1. The Morgan fingerprint density at radius 1 is 1.13 bits per heavy atom. The highest BCUT2D eigenvalue weighted by atomic mass is 32.1. The maximum Gasteiger partial charge on any atom is 0.206 e. The first-order chi connectivity index (χ1) is 14.6. The number of nitrogens with zero attached hydrogens (tertiary/aromatic N) is 5. The topological polar surface area (TPSA) is 109 Å². The molecular weight excluding hydrogens is 402 g/mol. The number of fused-ring (bicyclic) bond motifs is 1. The van der Waals surface area contributed by atoms with Gasteiger partial charge in [0.15, 0.2) is 0 Å². The molecule has 4 rings (SSSR count). The Kier molecular flexibility index (Phi) is 5.80. The van der Waals surface area contributed by atoms with Crippen LogP contribution in [-0.4, -0.2) is 22.0 Å². The van der Waals surface area contributed by atoms with Gasteiger partial charge in [0.2, 0.25) is 4.80 Å². The lowest BCUT2D eigenvalue weighted by Crippen LogP contribution is -2.32. The van der Waals surface area contributed by atoms with E-state index in [9.17, 15) is 14.9 Å².